The zero-order chi connectivity index (χ0) is 33.9. The van der Waals surface area contributed by atoms with Crippen LogP contribution in [0.3, 0.4) is 0 Å². The monoisotopic (exact) mass is 699 g/mol. The van der Waals surface area contributed by atoms with Gasteiger partial charge in [-0.1, -0.05) is 31.0 Å². The molecule has 0 radical (unpaired) electrons. The van der Waals surface area contributed by atoms with Crippen LogP contribution in [0.5, 0.6) is 5.75 Å². The number of carbonyl (C=O) groups excluding carboxylic acids is 2. The van der Waals surface area contributed by atoms with Crippen LogP contribution in [0.2, 0.25) is 5.02 Å². The number of aryl methyl sites for hydroxylation is 1. The second-order valence-corrected chi connectivity index (χ2v) is 17.0. The Balaban J connectivity index is 0.000000604. The van der Waals surface area contributed by atoms with Crippen LogP contribution in [0.15, 0.2) is 36.4 Å². The van der Waals surface area contributed by atoms with E-state index in [0.717, 1.165) is 94.8 Å². The fourth-order valence-electron chi connectivity index (χ4n) is 8.32. The second-order valence-electron chi connectivity index (χ2n) is 14.5. The van der Waals surface area contributed by atoms with Gasteiger partial charge in [0.05, 0.1) is 30.8 Å². The Morgan fingerprint density at radius 2 is 1.83 bits per heavy atom. The van der Waals surface area contributed by atoms with Gasteiger partial charge in [0.25, 0.3) is 5.91 Å². The van der Waals surface area contributed by atoms with Crippen molar-refractivity contribution in [3.8, 4) is 5.75 Å². The first-order chi connectivity index (χ1) is 23.1. The van der Waals surface area contributed by atoms with Gasteiger partial charge in [0.15, 0.2) is 0 Å². The maximum Gasteiger partial charge on any atom is 0.264 e. The molecule has 3 aliphatic heterocycles. The number of hydrogen-bond acceptors (Lipinski definition) is 8. The van der Waals surface area contributed by atoms with Gasteiger partial charge in [-0.25, -0.2) is 13.1 Å². The van der Waals surface area contributed by atoms with Crippen LogP contribution in [0, 0.1) is 23.7 Å². The van der Waals surface area contributed by atoms with Gasteiger partial charge in [0.2, 0.25) is 10.0 Å². The highest BCUT2D eigenvalue weighted by Gasteiger charge is 2.44. The number of amides is 1. The molecule has 1 saturated heterocycles. The molecule has 2 aliphatic carbocycles. The van der Waals surface area contributed by atoms with Crippen LogP contribution >= 0.6 is 11.6 Å². The molecule has 11 heteroatoms. The van der Waals surface area contributed by atoms with Gasteiger partial charge >= 0.3 is 0 Å². The minimum Gasteiger partial charge on any atom is -0.490 e. The highest BCUT2D eigenvalue weighted by molar-refractivity contribution is 7.90. The summed E-state index contributed by atoms with van der Waals surface area (Å²) in [4.78, 5) is 28.0. The Kier molecular flexibility index (Phi) is 11.0. The third kappa shape index (κ3) is 7.57. The lowest BCUT2D eigenvalue weighted by Crippen LogP contribution is -2.49. The summed E-state index contributed by atoms with van der Waals surface area (Å²) in [5.41, 5.74) is 3.37. The molecule has 1 unspecified atom stereocenters. The smallest absolute Gasteiger partial charge is 0.264 e. The summed E-state index contributed by atoms with van der Waals surface area (Å²) in [6, 6.07) is 11.4. The van der Waals surface area contributed by atoms with E-state index in [4.69, 9.17) is 21.1 Å². The van der Waals surface area contributed by atoms with Gasteiger partial charge < -0.3 is 24.5 Å². The number of sulfonamides is 1. The van der Waals surface area contributed by atoms with Crippen molar-refractivity contribution in [1.82, 2.24) is 10.0 Å². The quantitative estimate of drug-likeness (QED) is 0.374. The highest BCUT2D eigenvalue weighted by atomic mass is 35.5. The maximum atomic E-state index is 13.3. The molecule has 5 aliphatic rings. The van der Waals surface area contributed by atoms with E-state index in [9.17, 15) is 18.0 Å². The Bertz CT molecular complexity index is 1570. The van der Waals surface area contributed by atoms with Gasteiger partial charge in [-0.3, -0.25) is 4.79 Å². The number of hydrogen-bond donors (Lipinski definition) is 2. The number of carbonyl (C=O) groups is 2. The molecular formula is C37H50ClN3O6S. The summed E-state index contributed by atoms with van der Waals surface area (Å²) in [5, 5.41) is 3.16. The minimum atomic E-state index is -3.89. The summed E-state index contributed by atoms with van der Waals surface area (Å²) >= 11 is 6.39. The van der Waals surface area contributed by atoms with Gasteiger partial charge in [0, 0.05) is 48.1 Å². The predicted octanol–water partition coefficient (Wildman–Crippen LogP) is 5.53. The number of nitrogens with one attached hydrogen (secondary N) is 2. The van der Waals surface area contributed by atoms with E-state index in [1.807, 2.05) is 13.0 Å². The molecule has 7 rings (SSSR count). The number of halogens is 1. The van der Waals surface area contributed by atoms with Gasteiger partial charge in [-0.05, 0) is 111 Å². The summed E-state index contributed by atoms with van der Waals surface area (Å²) in [6.07, 6.45) is 8.43. The van der Waals surface area contributed by atoms with Gasteiger partial charge in [0.1, 0.15) is 12.0 Å². The molecule has 6 atom stereocenters. The number of ether oxygens (including phenoxy) is 2. The number of fused-ring (bicyclic) bond motifs is 4. The molecule has 2 bridgehead atoms. The van der Waals surface area contributed by atoms with E-state index < -0.39 is 21.2 Å². The molecule has 262 valence electrons. The number of nitrogens with zero attached hydrogens (tertiary/aromatic N) is 1. The Morgan fingerprint density at radius 1 is 1.02 bits per heavy atom. The first-order valence-corrected chi connectivity index (χ1v) is 19.6. The van der Waals surface area contributed by atoms with Crippen LogP contribution in [0.4, 0.5) is 5.69 Å². The van der Waals surface area contributed by atoms with E-state index in [-0.39, 0.29) is 17.3 Å². The zero-order valence-electron chi connectivity index (χ0n) is 28.2. The number of aldehydes is 1. The molecule has 2 aromatic carbocycles. The van der Waals surface area contributed by atoms with Crippen LogP contribution in [-0.4, -0.2) is 71.9 Å². The van der Waals surface area contributed by atoms with Crippen molar-refractivity contribution < 1.29 is 27.5 Å². The molecule has 1 amide bonds. The largest absolute Gasteiger partial charge is 0.490 e. The van der Waals surface area contributed by atoms with Crippen molar-refractivity contribution in [3.63, 3.8) is 0 Å². The summed E-state index contributed by atoms with van der Waals surface area (Å²) < 4.78 is 40.3. The number of benzene rings is 2. The van der Waals surface area contributed by atoms with Gasteiger partial charge in [-0.15, -0.1) is 0 Å². The topological polar surface area (TPSA) is 114 Å². The summed E-state index contributed by atoms with van der Waals surface area (Å²) in [7, 11) is -3.89. The number of rotatable bonds is 1. The third-order valence-corrected chi connectivity index (χ3v) is 13.7. The summed E-state index contributed by atoms with van der Waals surface area (Å²) in [5.74, 6) is 0.559. The molecule has 48 heavy (non-hydrogen) atoms. The average Bonchev–Trinajstić information content (AvgIpc) is 3.22. The van der Waals surface area contributed by atoms with Crippen molar-refractivity contribution in [3.05, 3.63) is 58.1 Å². The van der Waals surface area contributed by atoms with E-state index in [1.54, 1.807) is 25.1 Å². The first-order valence-electron chi connectivity index (χ1n) is 17.7. The van der Waals surface area contributed by atoms with Crippen molar-refractivity contribution >= 4 is 39.5 Å². The van der Waals surface area contributed by atoms with Gasteiger partial charge in [-0.2, -0.15) is 0 Å². The maximum absolute atomic E-state index is 13.3. The van der Waals surface area contributed by atoms with Crippen LogP contribution in [-0.2, 0) is 31.4 Å². The summed E-state index contributed by atoms with van der Waals surface area (Å²) in [6.45, 7) is 9.37. The van der Waals surface area contributed by atoms with E-state index in [1.165, 1.54) is 11.1 Å². The van der Waals surface area contributed by atoms with Crippen molar-refractivity contribution in [2.24, 2.45) is 23.7 Å². The second kappa shape index (κ2) is 15.1. The molecule has 2 aromatic rings. The highest BCUT2D eigenvalue weighted by Crippen LogP contribution is 2.47. The fraction of sp³-hybridized carbons (Fsp3) is 0.622. The molecule has 1 saturated carbocycles. The predicted molar refractivity (Wildman–Crippen MR) is 189 cm³/mol. The fourth-order valence-corrected chi connectivity index (χ4v) is 9.82. The van der Waals surface area contributed by atoms with Crippen molar-refractivity contribution in [2.75, 3.05) is 50.9 Å². The molecule has 2 N–H and O–H groups in total. The van der Waals surface area contributed by atoms with Crippen molar-refractivity contribution in [2.45, 2.75) is 75.9 Å². The first kappa shape index (κ1) is 35.2. The lowest BCUT2D eigenvalue weighted by Gasteiger charge is -2.46. The Labute approximate surface area is 290 Å². The minimum absolute atomic E-state index is 0.0315. The molecular weight excluding hydrogens is 650 g/mol. The molecule has 0 aromatic heterocycles. The molecule has 1 spiro atoms. The van der Waals surface area contributed by atoms with Crippen molar-refractivity contribution in [1.29, 1.82) is 0 Å². The van der Waals surface area contributed by atoms with E-state index >= 15 is 0 Å². The number of morpholine rings is 1. The number of anilines is 1. The lowest BCUT2D eigenvalue weighted by atomic mass is 9.65. The van der Waals surface area contributed by atoms with Crippen LogP contribution in [0.25, 0.3) is 0 Å². The molecule has 2 fully saturated rings. The van der Waals surface area contributed by atoms with E-state index in [2.05, 4.69) is 27.1 Å². The van der Waals surface area contributed by atoms with E-state index in [0.29, 0.717) is 42.7 Å². The zero-order valence-corrected chi connectivity index (χ0v) is 29.8. The Hall–Kier alpha value is -2.66. The average molecular weight is 700 g/mol. The standard InChI is InChI=1S/C33H41ClN2O5S.C4H9NO/c1-21-5-3-6-26(18-37)28-11-8-25(28)17-36-19-33(14-4-7-23-15-27(34)10-12-29(23)33)20-41-31-13-9-24(16-30(31)36)32(38)35-42(39,40)22(21)2;1-3-6-4-2-5-1/h9-10,12-13,15-16,18,21-22,25-26,28H,3-8,11,14,17,19-20H2,1-2H3,(H,35,38);5H,1-4H2/t21-,22+,25-,26?,28+,33-;/m0./s1. The Morgan fingerprint density at radius 3 is 2.52 bits per heavy atom. The normalized spacial score (nSPS) is 31.7. The molecule has 9 nitrogen and oxygen atoms in total. The van der Waals surface area contributed by atoms with Crippen LogP contribution in [0.1, 0.15) is 80.3 Å². The van der Waals surface area contributed by atoms with Crippen LogP contribution < -0.4 is 19.7 Å². The SMILES string of the molecule is C1COCCN1.C[C@@H]1[C@@H](C)CCCC(C=O)[C@@H]2CC[C@H]2CN2C[C@@]3(CCCc4cc(Cl)ccc43)COc3ccc(cc32)C(=O)NS1(=O)=O. The third-order valence-electron chi connectivity index (χ3n) is 11.5. The molecule has 3 heterocycles. The lowest BCUT2D eigenvalue weighted by molar-refractivity contribution is -0.115.